The summed E-state index contributed by atoms with van der Waals surface area (Å²) in [5.41, 5.74) is 3.59. The van der Waals surface area contributed by atoms with Gasteiger partial charge in [0.05, 0.1) is 5.69 Å². The first kappa shape index (κ1) is 23.9. The summed E-state index contributed by atoms with van der Waals surface area (Å²) in [6.07, 6.45) is 1.43. The van der Waals surface area contributed by atoms with Gasteiger partial charge in [-0.25, -0.2) is 4.98 Å². The molecule has 0 spiro atoms. The standard InChI is InChI=1S/C25H26N4O3S/c1-5-29(18(4)30)25-28-21(15-33-25)14-22(23(31)26-19-10-6-16(2)7-11-19)24(32)27-20-12-8-17(3)9-13-20/h6-15H,5H2,1-4H3,(H,26,31)(H,27,32). The van der Waals surface area contributed by atoms with Crippen molar-refractivity contribution in [2.75, 3.05) is 22.1 Å². The number of hydrogen-bond donors (Lipinski definition) is 2. The van der Waals surface area contributed by atoms with Crippen LogP contribution in [0.2, 0.25) is 0 Å². The van der Waals surface area contributed by atoms with Gasteiger partial charge < -0.3 is 10.6 Å². The van der Waals surface area contributed by atoms with Crippen molar-refractivity contribution in [3.63, 3.8) is 0 Å². The predicted molar refractivity (Wildman–Crippen MR) is 133 cm³/mol. The van der Waals surface area contributed by atoms with Crippen LogP contribution in [0.1, 0.15) is 30.7 Å². The van der Waals surface area contributed by atoms with Crippen molar-refractivity contribution in [1.29, 1.82) is 0 Å². The first-order chi connectivity index (χ1) is 15.8. The van der Waals surface area contributed by atoms with Crippen molar-refractivity contribution in [3.8, 4) is 0 Å². The molecule has 0 radical (unpaired) electrons. The highest BCUT2D eigenvalue weighted by Crippen LogP contribution is 2.23. The van der Waals surface area contributed by atoms with Gasteiger partial charge in [0, 0.05) is 30.2 Å². The molecule has 0 unspecified atom stereocenters. The molecule has 0 atom stereocenters. The fraction of sp³-hybridized carbons (Fsp3) is 0.200. The quantitative estimate of drug-likeness (QED) is 0.300. The number of aryl methyl sites for hydroxylation is 2. The van der Waals surface area contributed by atoms with Crippen molar-refractivity contribution < 1.29 is 14.4 Å². The summed E-state index contributed by atoms with van der Waals surface area (Å²) in [7, 11) is 0. The molecule has 2 N–H and O–H groups in total. The monoisotopic (exact) mass is 462 g/mol. The number of rotatable bonds is 7. The number of anilines is 3. The highest BCUT2D eigenvalue weighted by atomic mass is 32.1. The zero-order valence-electron chi connectivity index (χ0n) is 19.0. The van der Waals surface area contributed by atoms with E-state index < -0.39 is 11.8 Å². The molecule has 0 bridgehead atoms. The van der Waals surface area contributed by atoms with Gasteiger partial charge >= 0.3 is 0 Å². The Kier molecular flexibility index (Phi) is 7.74. The van der Waals surface area contributed by atoms with E-state index in [4.69, 9.17) is 0 Å². The average molecular weight is 463 g/mol. The maximum Gasteiger partial charge on any atom is 0.261 e. The van der Waals surface area contributed by atoms with Gasteiger partial charge in [0.15, 0.2) is 5.13 Å². The lowest BCUT2D eigenvalue weighted by Gasteiger charge is -2.14. The van der Waals surface area contributed by atoms with Gasteiger partial charge in [0.25, 0.3) is 11.8 Å². The lowest BCUT2D eigenvalue weighted by molar-refractivity contribution is -0.118. The minimum Gasteiger partial charge on any atom is -0.322 e. The van der Waals surface area contributed by atoms with E-state index >= 15 is 0 Å². The average Bonchev–Trinajstić information content (AvgIpc) is 3.23. The molecule has 3 rings (SSSR count). The summed E-state index contributed by atoms with van der Waals surface area (Å²) < 4.78 is 0. The fourth-order valence-corrected chi connectivity index (χ4v) is 3.90. The topological polar surface area (TPSA) is 91.4 Å². The van der Waals surface area contributed by atoms with Gasteiger partial charge in [-0.15, -0.1) is 11.3 Å². The fourth-order valence-electron chi connectivity index (χ4n) is 3.01. The van der Waals surface area contributed by atoms with E-state index in [1.54, 1.807) is 29.6 Å². The summed E-state index contributed by atoms with van der Waals surface area (Å²) in [6.45, 7) is 7.70. The van der Waals surface area contributed by atoms with Gasteiger partial charge in [0.1, 0.15) is 5.57 Å². The minimum atomic E-state index is -0.558. The molecule has 3 aromatic rings. The molecule has 8 heteroatoms. The molecule has 0 aliphatic heterocycles. The summed E-state index contributed by atoms with van der Waals surface area (Å²) in [5.74, 6) is -1.24. The third-order valence-corrected chi connectivity index (χ3v) is 5.72. The third-order valence-electron chi connectivity index (χ3n) is 4.84. The Labute approximate surface area is 197 Å². The molecule has 3 amide bonds. The van der Waals surface area contributed by atoms with Crippen molar-refractivity contribution in [1.82, 2.24) is 4.98 Å². The van der Waals surface area contributed by atoms with Crippen LogP contribution in [0.15, 0.2) is 59.5 Å². The summed E-state index contributed by atoms with van der Waals surface area (Å²) in [6, 6.07) is 14.6. The molecule has 0 saturated heterocycles. The maximum absolute atomic E-state index is 13.1. The smallest absolute Gasteiger partial charge is 0.261 e. The third kappa shape index (κ3) is 6.36. The number of thiazole rings is 1. The number of nitrogens with one attached hydrogen (secondary N) is 2. The Morgan fingerprint density at radius 1 is 0.909 bits per heavy atom. The van der Waals surface area contributed by atoms with Crippen LogP contribution in [-0.4, -0.2) is 29.3 Å². The second kappa shape index (κ2) is 10.7. The summed E-state index contributed by atoms with van der Waals surface area (Å²) in [5, 5.41) is 7.75. The molecule has 170 valence electrons. The van der Waals surface area contributed by atoms with Crippen LogP contribution in [0.3, 0.4) is 0 Å². The number of carbonyl (C=O) groups excluding carboxylic acids is 3. The lowest BCUT2D eigenvalue weighted by atomic mass is 10.1. The van der Waals surface area contributed by atoms with Crippen molar-refractivity contribution >= 4 is 51.6 Å². The highest BCUT2D eigenvalue weighted by Gasteiger charge is 2.21. The van der Waals surface area contributed by atoms with Gasteiger partial charge in [-0.2, -0.15) is 0 Å². The number of hydrogen-bond acceptors (Lipinski definition) is 5. The van der Waals surface area contributed by atoms with Crippen LogP contribution >= 0.6 is 11.3 Å². The Morgan fingerprint density at radius 3 is 1.82 bits per heavy atom. The molecule has 0 fully saturated rings. The van der Waals surface area contributed by atoms with Crippen LogP contribution < -0.4 is 15.5 Å². The second-order valence-electron chi connectivity index (χ2n) is 7.52. The van der Waals surface area contributed by atoms with Gasteiger partial charge in [-0.1, -0.05) is 35.4 Å². The zero-order valence-corrected chi connectivity index (χ0v) is 19.8. The van der Waals surface area contributed by atoms with Crippen LogP contribution in [0.4, 0.5) is 16.5 Å². The van der Waals surface area contributed by atoms with Crippen LogP contribution in [0.5, 0.6) is 0 Å². The molecule has 0 aliphatic rings. The van der Waals surface area contributed by atoms with Crippen molar-refractivity contribution in [2.45, 2.75) is 27.7 Å². The molecular weight excluding hydrogens is 436 g/mol. The number of benzene rings is 2. The molecule has 7 nitrogen and oxygen atoms in total. The van der Waals surface area contributed by atoms with E-state index in [-0.39, 0.29) is 11.5 Å². The normalized spacial score (nSPS) is 10.3. The first-order valence-electron chi connectivity index (χ1n) is 10.5. The van der Waals surface area contributed by atoms with Crippen molar-refractivity contribution in [2.24, 2.45) is 0 Å². The second-order valence-corrected chi connectivity index (χ2v) is 8.35. The van der Waals surface area contributed by atoms with Crippen LogP contribution in [0.25, 0.3) is 6.08 Å². The number of carbonyl (C=O) groups is 3. The number of amides is 3. The predicted octanol–water partition coefficient (Wildman–Crippen LogP) is 4.79. The molecule has 1 heterocycles. The van der Waals surface area contributed by atoms with Gasteiger partial charge in [-0.3, -0.25) is 19.3 Å². The van der Waals surface area contributed by atoms with Crippen LogP contribution in [-0.2, 0) is 14.4 Å². The van der Waals surface area contributed by atoms with E-state index in [0.29, 0.717) is 28.7 Å². The maximum atomic E-state index is 13.1. The Hall–Kier alpha value is -3.78. The molecule has 2 aromatic carbocycles. The molecular formula is C25H26N4O3S. The molecule has 33 heavy (non-hydrogen) atoms. The Morgan fingerprint density at radius 2 is 1.39 bits per heavy atom. The van der Waals surface area contributed by atoms with E-state index in [0.717, 1.165) is 11.1 Å². The van der Waals surface area contributed by atoms with Crippen LogP contribution in [0, 0.1) is 13.8 Å². The molecule has 1 aromatic heterocycles. The minimum absolute atomic E-state index is 0.0983. The van der Waals surface area contributed by atoms with Gasteiger partial charge in [-0.05, 0) is 51.1 Å². The van der Waals surface area contributed by atoms with E-state index in [1.807, 2.05) is 45.0 Å². The Bertz CT molecular complexity index is 1120. The molecule has 0 saturated carbocycles. The van der Waals surface area contributed by atoms with E-state index in [1.165, 1.54) is 29.2 Å². The SMILES string of the molecule is CCN(C(C)=O)c1nc(C=C(C(=O)Nc2ccc(C)cc2)C(=O)Nc2ccc(C)cc2)cs1. The van der Waals surface area contributed by atoms with E-state index in [9.17, 15) is 14.4 Å². The van der Waals surface area contributed by atoms with E-state index in [2.05, 4.69) is 15.6 Å². The first-order valence-corrected chi connectivity index (χ1v) is 11.4. The molecule has 0 aliphatic carbocycles. The summed E-state index contributed by atoms with van der Waals surface area (Å²) in [4.78, 5) is 43.9. The lowest BCUT2D eigenvalue weighted by Crippen LogP contribution is -2.27. The Balaban J connectivity index is 1.91. The largest absolute Gasteiger partial charge is 0.322 e. The zero-order chi connectivity index (χ0) is 24.0. The van der Waals surface area contributed by atoms with Gasteiger partial charge in [0.2, 0.25) is 5.91 Å². The summed E-state index contributed by atoms with van der Waals surface area (Å²) >= 11 is 1.27. The number of nitrogens with zero attached hydrogens (tertiary/aromatic N) is 2. The number of aromatic nitrogens is 1. The highest BCUT2D eigenvalue weighted by molar-refractivity contribution is 7.14. The van der Waals surface area contributed by atoms with Crippen molar-refractivity contribution in [3.05, 3.63) is 76.3 Å².